The number of morpholine rings is 1. The summed E-state index contributed by atoms with van der Waals surface area (Å²) in [5.41, 5.74) is 2.35. The number of ether oxygens (including phenoxy) is 1. The van der Waals surface area contributed by atoms with Crippen molar-refractivity contribution >= 4 is 40.6 Å². The Morgan fingerprint density at radius 1 is 1.08 bits per heavy atom. The minimum Gasteiger partial charge on any atom is -0.379 e. The summed E-state index contributed by atoms with van der Waals surface area (Å²) in [5, 5.41) is 9.07. The van der Waals surface area contributed by atoms with Gasteiger partial charge in [-0.3, -0.25) is 14.8 Å². The fraction of sp³-hybridized carbons (Fsp3) is 0.300. The Balaban J connectivity index is 1.68. The van der Waals surface area contributed by atoms with E-state index in [4.69, 9.17) is 4.74 Å². The third-order valence-corrected chi connectivity index (χ3v) is 5.12. The molecule has 2 aromatic carbocycles. The predicted molar refractivity (Wildman–Crippen MR) is 99.1 cm³/mol. The Kier molecular flexibility index (Phi) is 3.43. The maximum Gasteiger partial charge on any atom is 0.160 e. The molecule has 0 saturated carbocycles. The number of hydrazine groups is 1. The zero-order valence-corrected chi connectivity index (χ0v) is 13.9. The summed E-state index contributed by atoms with van der Waals surface area (Å²) in [6, 6.07) is 8.62. The third-order valence-electron chi connectivity index (χ3n) is 5.12. The molecule has 2 heterocycles. The number of hydrogen-bond donors (Lipinski definition) is 0. The zero-order valence-electron chi connectivity index (χ0n) is 13.9. The number of carbonyl (C=O) groups is 1. The van der Waals surface area contributed by atoms with Gasteiger partial charge in [-0.1, -0.05) is 12.1 Å². The molecule has 1 saturated heterocycles. The van der Waals surface area contributed by atoms with Crippen LogP contribution in [0.2, 0.25) is 0 Å². The van der Waals surface area contributed by atoms with E-state index in [0.717, 1.165) is 47.7 Å². The number of benzene rings is 2. The standard InChI is InChI=1S/C20H19N3O2/c24-17-3-1-14-11-18-15(9-16(14)10-17)2-4-20-19(18)12-21-13-23(20)22-5-7-25-8-6-22/h1-2,4,9-12H,3,5-8,13H2. The van der Waals surface area contributed by atoms with E-state index in [1.165, 1.54) is 11.1 Å². The van der Waals surface area contributed by atoms with E-state index >= 15 is 0 Å². The Hall–Kier alpha value is -2.50. The number of nitrogens with zero attached hydrogens (tertiary/aromatic N) is 3. The molecule has 2 aliphatic heterocycles. The molecular formula is C20H19N3O2. The number of fused-ring (bicyclic) bond motifs is 4. The van der Waals surface area contributed by atoms with Gasteiger partial charge in [-0.25, -0.2) is 5.01 Å². The van der Waals surface area contributed by atoms with Gasteiger partial charge < -0.3 is 4.74 Å². The van der Waals surface area contributed by atoms with Gasteiger partial charge in [-0.15, -0.1) is 0 Å². The first-order valence-corrected chi connectivity index (χ1v) is 8.71. The minimum absolute atomic E-state index is 0.171. The van der Waals surface area contributed by atoms with Gasteiger partial charge in [0.1, 0.15) is 6.67 Å². The topological polar surface area (TPSA) is 45.1 Å². The van der Waals surface area contributed by atoms with E-state index in [-0.39, 0.29) is 5.78 Å². The first kappa shape index (κ1) is 14.8. The molecule has 25 heavy (non-hydrogen) atoms. The largest absolute Gasteiger partial charge is 0.379 e. The molecule has 0 atom stereocenters. The average molecular weight is 333 g/mol. The number of rotatable bonds is 1. The van der Waals surface area contributed by atoms with Crippen molar-refractivity contribution in [3.05, 3.63) is 40.3 Å². The molecular weight excluding hydrogens is 314 g/mol. The van der Waals surface area contributed by atoms with E-state index in [9.17, 15) is 4.79 Å². The van der Waals surface area contributed by atoms with Crippen molar-refractivity contribution in [2.45, 2.75) is 6.42 Å². The Morgan fingerprint density at radius 2 is 1.96 bits per heavy atom. The molecule has 0 aromatic heterocycles. The molecule has 5 heteroatoms. The summed E-state index contributed by atoms with van der Waals surface area (Å²) in [5.74, 6) is 0.171. The highest BCUT2D eigenvalue weighted by atomic mass is 16.5. The molecule has 0 spiro atoms. The summed E-state index contributed by atoms with van der Waals surface area (Å²) in [6.07, 6.45) is 6.25. The van der Waals surface area contributed by atoms with Crippen LogP contribution in [0.15, 0.2) is 29.3 Å². The number of carbonyl (C=O) groups excluding carboxylic acids is 1. The van der Waals surface area contributed by atoms with Gasteiger partial charge in [0.2, 0.25) is 0 Å². The van der Waals surface area contributed by atoms with Crippen molar-refractivity contribution in [1.82, 2.24) is 5.01 Å². The van der Waals surface area contributed by atoms with Crippen molar-refractivity contribution in [3.63, 3.8) is 0 Å². The maximum atomic E-state index is 11.7. The lowest BCUT2D eigenvalue weighted by Crippen LogP contribution is -2.50. The van der Waals surface area contributed by atoms with Crippen molar-refractivity contribution in [1.29, 1.82) is 0 Å². The summed E-state index contributed by atoms with van der Waals surface area (Å²) >= 11 is 0. The molecule has 1 fully saturated rings. The number of hydrogen-bond acceptors (Lipinski definition) is 5. The molecule has 2 aromatic rings. The van der Waals surface area contributed by atoms with Gasteiger partial charge in [0.05, 0.1) is 18.9 Å². The van der Waals surface area contributed by atoms with E-state index in [2.05, 4.69) is 39.3 Å². The molecule has 1 aliphatic carbocycles. The van der Waals surface area contributed by atoms with Crippen molar-refractivity contribution in [3.8, 4) is 0 Å². The zero-order chi connectivity index (χ0) is 16.8. The molecule has 5 nitrogen and oxygen atoms in total. The molecule has 0 radical (unpaired) electrons. The van der Waals surface area contributed by atoms with E-state index in [1.807, 2.05) is 12.3 Å². The number of ketones is 1. The van der Waals surface area contributed by atoms with Gasteiger partial charge in [-0.05, 0) is 45.5 Å². The third kappa shape index (κ3) is 2.47. The fourth-order valence-electron chi connectivity index (χ4n) is 3.85. The Morgan fingerprint density at radius 3 is 2.84 bits per heavy atom. The smallest absolute Gasteiger partial charge is 0.160 e. The molecule has 0 N–H and O–H groups in total. The van der Waals surface area contributed by atoms with Crippen LogP contribution in [0.4, 0.5) is 5.69 Å². The van der Waals surface area contributed by atoms with Crippen LogP contribution in [0.1, 0.15) is 12.0 Å². The summed E-state index contributed by atoms with van der Waals surface area (Å²) in [7, 11) is 0. The van der Waals surface area contributed by atoms with Gasteiger partial charge in [-0.2, -0.15) is 0 Å². The summed E-state index contributed by atoms with van der Waals surface area (Å²) in [4.78, 5) is 16.3. The quantitative estimate of drug-likeness (QED) is 0.775. The summed E-state index contributed by atoms with van der Waals surface area (Å²) < 4.78 is 5.48. The molecule has 3 aliphatic rings. The van der Waals surface area contributed by atoms with Gasteiger partial charge in [0.15, 0.2) is 5.78 Å². The first-order valence-electron chi connectivity index (χ1n) is 8.71. The van der Waals surface area contributed by atoms with Gasteiger partial charge in [0.25, 0.3) is 0 Å². The number of Topliss-reactive ketones (excluding diaryl/α,β-unsaturated/α-hetero) is 1. The SMILES string of the molecule is O=C1C=c2cc3ccc4c(c3cc2=CC1)C=NCN4N1CCOCC1. The molecule has 0 amide bonds. The maximum absolute atomic E-state index is 11.7. The lowest BCUT2D eigenvalue weighted by Gasteiger charge is -2.39. The van der Waals surface area contributed by atoms with Crippen LogP contribution >= 0.6 is 0 Å². The van der Waals surface area contributed by atoms with E-state index in [1.54, 1.807) is 6.08 Å². The van der Waals surface area contributed by atoms with Crippen molar-refractivity contribution in [2.24, 2.45) is 4.99 Å². The second-order valence-corrected chi connectivity index (χ2v) is 6.64. The van der Waals surface area contributed by atoms with Crippen LogP contribution in [0.25, 0.3) is 22.9 Å². The summed E-state index contributed by atoms with van der Waals surface area (Å²) in [6.45, 7) is 3.95. The van der Waals surface area contributed by atoms with Crippen LogP contribution < -0.4 is 15.4 Å². The van der Waals surface area contributed by atoms with Crippen LogP contribution in [0, 0.1) is 0 Å². The van der Waals surface area contributed by atoms with Crippen molar-refractivity contribution < 1.29 is 9.53 Å². The predicted octanol–water partition coefficient (Wildman–Crippen LogP) is 0.817. The van der Waals surface area contributed by atoms with Crippen LogP contribution in [0.5, 0.6) is 0 Å². The number of aliphatic imine (C=N–C) groups is 1. The fourth-order valence-corrected chi connectivity index (χ4v) is 3.85. The van der Waals surface area contributed by atoms with Gasteiger partial charge in [0, 0.05) is 31.3 Å². The highest BCUT2D eigenvalue weighted by Crippen LogP contribution is 2.30. The van der Waals surface area contributed by atoms with Crippen LogP contribution in [0.3, 0.4) is 0 Å². The van der Waals surface area contributed by atoms with Crippen LogP contribution in [-0.2, 0) is 9.53 Å². The highest BCUT2D eigenvalue weighted by molar-refractivity contribution is 6.10. The number of anilines is 1. The Labute approximate surface area is 145 Å². The van der Waals surface area contributed by atoms with Crippen molar-refractivity contribution in [2.75, 3.05) is 38.0 Å². The lowest BCUT2D eigenvalue weighted by atomic mass is 9.97. The molecule has 0 bridgehead atoms. The molecule has 126 valence electrons. The van der Waals surface area contributed by atoms with Crippen LogP contribution in [-0.4, -0.2) is 50.0 Å². The highest BCUT2D eigenvalue weighted by Gasteiger charge is 2.23. The van der Waals surface area contributed by atoms with E-state index < -0.39 is 0 Å². The lowest BCUT2D eigenvalue weighted by molar-refractivity contribution is -0.112. The molecule has 0 unspecified atom stereocenters. The molecule has 5 rings (SSSR count). The first-order chi connectivity index (χ1) is 12.3. The van der Waals surface area contributed by atoms with E-state index in [0.29, 0.717) is 13.1 Å². The second-order valence-electron chi connectivity index (χ2n) is 6.64. The van der Waals surface area contributed by atoms with Gasteiger partial charge >= 0.3 is 0 Å². The normalized spacial score (nSPS) is 20.0. The minimum atomic E-state index is 0.171. The second kappa shape index (κ2) is 5.79. The Bertz CT molecular complexity index is 1020. The monoisotopic (exact) mass is 333 g/mol. The average Bonchev–Trinajstić information content (AvgIpc) is 2.66.